The highest BCUT2D eigenvalue weighted by Gasteiger charge is 2.05. The van der Waals surface area contributed by atoms with Gasteiger partial charge in [-0.2, -0.15) is 0 Å². The van der Waals surface area contributed by atoms with Crippen LogP contribution in [0.2, 0.25) is 0 Å². The number of aliphatic hydroxyl groups is 2. The van der Waals surface area contributed by atoms with Crippen LogP contribution in [-0.2, 0) is 4.79 Å². The lowest BCUT2D eigenvalue weighted by Crippen LogP contribution is -2.37. The van der Waals surface area contributed by atoms with Gasteiger partial charge in [0.05, 0.1) is 13.2 Å². The Morgan fingerprint density at radius 2 is 1.07 bits per heavy atom. The fourth-order valence-electron chi connectivity index (χ4n) is 3.72. The van der Waals surface area contributed by atoms with Gasteiger partial charge in [-0.05, 0) is 6.42 Å². The van der Waals surface area contributed by atoms with Gasteiger partial charge in [-0.15, -0.1) is 12.4 Å². The van der Waals surface area contributed by atoms with Crippen LogP contribution in [0.15, 0.2) is 0 Å². The zero-order chi connectivity index (χ0) is 21.4. The second kappa shape index (κ2) is 26.7. The zero-order valence-corrected chi connectivity index (χ0v) is 20.5. The van der Waals surface area contributed by atoms with Crippen molar-refractivity contribution >= 4 is 18.3 Å². The molecule has 30 heavy (non-hydrogen) atoms. The highest BCUT2D eigenvalue weighted by Crippen LogP contribution is 2.13. The minimum absolute atomic E-state index is 0. The molecule has 0 spiro atoms. The van der Waals surface area contributed by atoms with E-state index >= 15 is 0 Å². The number of nitrogens with zero attached hydrogens (tertiary/aromatic N) is 1. The molecule has 0 aromatic carbocycles. The number of halogens is 1. The number of amides is 1. The maximum atomic E-state index is 11.8. The van der Waals surface area contributed by atoms with Crippen molar-refractivity contribution in [2.75, 3.05) is 39.4 Å². The Labute approximate surface area is 192 Å². The van der Waals surface area contributed by atoms with E-state index < -0.39 is 0 Å². The molecule has 0 aliphatic carbocycles. The molecule has 1 amide bonds. The van der Waals surface area contributed by atoms with Crippen LogP contribution < -0.4 is 5.32 Å². The fraction of sp³-hybridized carbons (Fsp3) is 0.958. The Balaban J connectivity index is 0. The number of carbonyl (C=O) groups excluding carboxylic acids is 1. The van der Waals surface area contributed by atoms with Gasteiger partial charge in [0, 0.05) is 32.6 Å². The number of nitrogens with one attached hydrogen (secondary N) is 1. The first-order valence-electron chi connectivity index (χ1n) is 12.4. The topological polar surface area (TPSA) is 72.8 Å². The van der Waals surface area contributed by atoms with Crippen LogP contribution in [-0.4, -0.2) is 60.4 Å². The Bertz CT molecular complexity index is 340. The third-order valence-electron chi connectivity index (χ3n) is 5.59. The van der Waals surface area contributed by atoms with Crippen molar-refractivity contribution in [3.63, 3.8) is 0 Å². The van der Waals surface area contributed by atoms with E-state index in [0.29, 0.717) is 32.6 Å². The summed E-state index contributed by atoms with van der Waals surface area (Å²) in [4.78, 5) is 13.8. The molecule has 0 unspecified atom stereocenters. The first-order valence-corrected chi connectivity index (χ1v) is 12.4. The molecule has 0 radical (unpaired) electrons. The van der Waals surface area contributed by atoms with E-state index in [1.165, 1.54) is 83.5 Å². The molecule has 0 saturated carbocycles. The molecular weight excluding hydrogens is 400 g/mol. The van der Waals surface area contributed by atoms with E-state index in [1.807, 2.05) is 4.90 Å². The van der Waals surface area contributed by atoms with Gasteiger partial charge in [0.25, 0.3) is 0 Å². The van der Waals surface area contributed by atoms with Crippen LogP contribution in [0.4, 0.5) is 0 Å². The minimum Gasteiger partial charge on any atom is -0.395 e. The first-order chi connectivity index (χ1) is 14.2. The summed E-state index contributed by atoms with van der Waals surface area (Å²) in [7, 11) is 0. The lowest BCUT2D eigenvalue weighted by Gasteiger charge is -2.20. The van der Waals surface area contributed by atoms with Gasteiger partial charge >= 0.3 is 0 Å². The van der Waals surface area contributed by atoms with E-state index in [-0.39, 0.29) is 31.5 Å². The molecule has 0 heterocycles. The molecule has 0 saturated heterocycles. The molecule has 0 aromatic rings. The Hall–Kier alpha value is -0.360. The number of aliphatic hydroxyl groups excluding tert-OH is 2. The van der Waals surface area contributed by atoms with E-state index in [1.54, 1.807) is 0 Å². The summed E-state index contributed by atoms with van der Waals surface area (Å²) in [5.41, 5.74) is 0. The van der Waals surface area contributed by atoms with Gasteiger partial charge in [0.15, 0.2) is 0 Å². The normalized spacial score (nSPS) is 10.9. The molecule has 0 bridgehead atoms. The van der Waals surface area contributed by atoms with Crippen LogP contribution in [0.5, 0.6) is 0 Å². The summed E-state index contributed by atoms with van der Waals surface area (Å²) in [6.45, 7) is 4.75. The van der Waals surface area contributed by atoms with Crippen LogP contribution in [0, 0.1) is 0 Å². The average Bonchev–Trinajstić information content (AvgIpc) is 2.71. The van der Waals surface area contributed by atoms with Crippen molar-refractivity contribution in [1.29, 1.82) is 0 Å². The number of carbonyl (C=O) groups is 1. The molecule has 0 aromatic heterocycles. The smallest absolute Gasteiger partial charge is 0.220 e. The Morgan fingerprint density at radius 1 is 0.667 bits per heavy atom. The van der Waals surface area contributed by atoms with Crippen LogP contribution in [0.3, 0.4) is 0 Å². The van der Waals surface area contributed by atoms with Gasteiger partial charge < -0.3 is 15.5 Å². The molecule has 3 N–H and O–H groups in total. The predicted molar refractivity (Wildman–Crippen MR) is 130 cm³/mol. The fourth-order valence-corrected chi connectivity index (χ4v) is 3.72. The zero-order valence-electron chi connectivity index (χ0n) is 19.7. The number of unbranched alkanes of at least 4 members (excludes halogenated alkanes) is 14. The van der Waals surface area contributed by atoms with Crippen molar-refractivity contribution in [2.24, 2.45) is 0 Å². The largest absolute Gasteiger partial charge is 0.395 e. The molecule has 0 aliphatic heterocycles. The Morgan fingerprint density at radius 3 is 1.47 bits per heavy atom. The van der Waals surface area contributed by atoms with E-state index in [0.717, 1.165) is 12.8 Å². The number of hydrogen-bond donors (Lipinski definition) is 3. The summed E-state index contributed by atoms with van der Waals surface area (Å²) in [5, 5.41) is 20.9. The van der Waals surface area contributed by atoms with Gasteiger partial charge in [0.1, 0.15) is 0 Å². The van der Waals surface area contributed by atoms with Crippen LogP contribution in [0.25, 0.3) is 0 Å². The average molecular weight is 451 g/mol. The number of hydrogen-bond acceptors (Lipinski definition) is 4. The Kier molecular flexibility index (Phi) is 28.3. The highest BCUT2D eigenvalue weighted by molar-refractivity contribution is 5.85. The van der Waals surface area contributed by atoms with Crippen LogP contribution >= 0.6 is 12.4 Å². The van der Waals surface area contributed by atoms with Gasteiger partial charge in [-0.3, -0.25) is 9.69 Å². The second-order valence-corrected chi connectivity index (χ2v) is 8.34. The van der Waals surface area contributed by atoms with E-state index in [9.17, 15) is 4.79 Å². The van der Waals surface area contributed by atoms with Crippen molar-refractivity contribution in [2.45, 2.75) is 110 Å². The number of rotatable bonds is 23. The summed E-state index contributed by atoms with van der Waals surface area (Å²) < 4.78 is 0. The molecule has 182 valence electrons. The van der Waals surface area contributed by atoms with E-state index in [4.69, 9.17) is 10.2 Å². The predicted octanol–water partition coefficient (Wildman–Crippen LogP) is 5.07. The summed E-state index contributed by atoms with van der Waals surface area (Å²) in [6, 6.07) is 0. The van der Waals surface area contributed by atoms with Crippen molar-refractivity contribution in [3.05, 3.63) is 0 Å². The molecule has 0 rings (SSSR count). The highest BCUT2D eigenvalue weighted by atomic mass is 35.5. The summed E-state index contributed by atoms with van der Waals surface area (Å²) >= 11 is 0. The molecular formula is C24H51ClN2O3. The standard InChI is InChI=1S/C24H50N2O3.ClH/c1-2-3-4-5-6-7-8-9-10-11-12-13-14-15-16-17-24(29)25-18-19-26(20-22-27)21-23-28;/h27-28H,2-23H2,1H3,(H,25,29);1H. The SMILES string of the molecule is CCCCCCCCCCCCCCCCCC(=O)NCCN(CCO)CCO.Cl. The van der Waals surface area contributed by atoms with Crippen molar-refractivity contribution in [1.82, 2.24) is 10.2 Å². The van der Waals surface area contributed by atoms with Gasteiger partial charge in [-0.1, -0.05) is 96.8 Å². The van der Waals surface area contributed by atoms with Crippen molar-refractivity contribution < 1.29 is 15.0 Å². The van der Waals surface area contributed by atoms with Gasteiger partial charge in [0.2, 0.25) is 5.91 Å². The lowest BCUT2D eigenvalue weighted by molar-refractivity contribution is -0.121. The van der Waals surface area contributed by atoms with Crippen LogP contribution in [0.1, 0.15) is 110 Å². The lowest BCUT2D eigenvalue weighted by atomic mass is 10.0. The third kappa shape index (κ3) is 23.9. The van der Waals surface area contributed by atoms with Gasteiger partial charge in [-0.25, -0.2) is 0 Å². The second-order valence-electron chi connectivity index (χ2n) is 8.34. The summed E-state index contributed by atoms with van der Waals surface area (Å²) in [5.74, 6) is 0.118. The molecule has 6 heteroatoms. The molecule has 0 atom stereocenters. The van der Waals surface area contributed by atoms with E-state index in [2.05, 4.69) is 12.2 Å². The quantitative estimate of drug-likeness (QED) is 0.190. The molecule has 5 nitrogen and oxygen atoms in total. The molecule has 0 fully saturated rings. The first kappa shape index (κ1) is 31.8. The maximum absolute atomic E-state index is 11.8. The van der Waals surface area contributed by atoms with Crippen molar-refractivity contribution in [3.8, 4) is 0 Å². The monoisotopic (exact) mass is 450 g/mol. The third-order valence-corrected chi connectivity index (χ3v) is 5.59. The molecule has 0 aliphatic rings. The summed E-state index contributed by atoms with van der Waals surface area (Å²) in [6.07, 6.45) is 20.6. The minimum atomic E-state index is 0. The maximum Gasteiger partial charge on any atom is 0.220 e.